The lowest BCUT2D eigenvalue weighted by molar-refractivity contribution is -0.151. The lowest BCUT2D eigenvalue weighted by Gasteiger charge is -2.58. The average molecular weight is 713 g/mol. The number of rotatable bonds is 13. The van der Waals surface area contributed by atoms with Gasteiger partial charge in [-0.3, -0.25) is 4.79 Å². The van der Waals surface area contributed by atoms with Crippen LogP contribution in [0, 0.1) is 46.3 Å². The van der Waals surface area contributed by atoms with Crippen LogP contribution in [0.25, 0.3) is 0 Å². The Balaban J connectivity index is 1.06. The second kappa shape index (κ2) is 15.4. The van der Waals surface area contributed by atoms with Gasteiger partial charge >= 0.3 is 18.3 Å². The molecule has 8 atom stereocenters. The number of alkyl halides is 6. The van der Waals surface area contributed by atoms with Gasteiger partial charge in [0.05, 0.1) is 17.7 Å². The molecule has 0 heterocycles. The van der Waals surface area contributed by atoms with Crippen LogP contribution < -0.4 is 4.74 Å². The molecular weight excluding hydrogens is 654 g/mol. The van der Waals surface area contributed by atoms with Crippen LogP contribution in [-0.2, 0) is 21.9 Å². The molecule has 4 aliphatic rings. The van der Waals surface area contributed by atoms with Crippen molar-refractivity contribution in [2.75, 3.05) is 6.61 Å². The first-order valence-corrected chi connectivity index (χ1v) is 19.2. The molecule has 4 aliphatic carbocycles. The molecule has 8 unspecified atom stereocenters. The number of ether oxygens (including phenoxy) is 2. The van der Waals surface area contributed by atoms with E-state index in [4.69, 9.17) is 9.47 Å². The van der Waals surface area contributed by atoms with E-state index < -0.39 is 29.2 Å². The van der Waals surface area contributed by atoms with Crippen molar-refractivity contribution in [3.63, 3.8) is 0 Å². The first-order chi connectivity index (χ1) is 23.4. The highest BCUT2D eigenvalue weighted by Crippen LogP contribution is 2.67. The van der Waals surface area contributed by atoms with Crippen molar-refractivity contribution in [2.45, 2.75) is 149 Å². The van der Waals surface area contributed by atoms with E-state index in [1.165, 1.54) is 50.5 Å². The largest absolute Gasteiger partial charge is 0.494 e. The molecule has 1 aromatic carbocycles. The Kier molecular flexibility index (Phi) is 12.0. The number of fused-ring (bicyclic) bond motifs is 5. The summed E-state index contributed by atoms with van der Waals surface area (Å²) in [5.41, 5.74) is -0.706. The van der Waals surface area contributed by atoms with Gasteiger partial charge in [0.2, 0.25) is 0 Å². The van der Waals surface area contributed by atoms with Crippen LogP contribution in [0.4, 0.5) is 26.3 Å². The van der Waals surface area contributed by atoms with Gasteiger partial charge in [-0.2, -0.15) is 26.3 Å². The van der Waals surface area contributed by atoms with Crippen molar-refractivity contribution in [2.24, 2.45) is 46.3 Å². The summed E-state index contributed by atoms with van der Waals surface area (Å²) >= 11 is 0. The van der Waals surface area contributed by atoms with Crippen LogP contribution in [0.5, 0.6) is 5.75 Å². The van der Waals surface area contributed by atoms with Crippen LogP contribution in [0.1, 0.15) is 142 Å². The number of carbonyl (C=O) groups is 1. The molecule has 9 heteroatoms. The van der Waals surface area contributed by atoms with Gasteiger partial charge in [-0.1, -0.05) is 65.5 Å². The van der Waals surface area contributed by atoms with Crippen molar-refractivity contribution in [3.05, 3.63) is 41.0 Å². The number of hydrogen-bond donors (Lipinski definition) is 0. The molecule has 0 aliphatic heterocycles. The molecule has 1 aromatic rings. The molecule has 5 rings (SSSR count). The molecule has 0 bridgehead atoms. The summed E-state index contributed by atoms with van der Waals surface area (Å²) in [5.74, 6) is 3.93. The summed E-state index contributed by atoms with van der Waals surface area (Å²) in [6.45, 7) is 12.2. The summed E-state index contributed by atoms with van der Waals surface area (Å²) in [5, 5.41) is 0. The van der Waals surface area contributed by atoms with E-state index in [9.17, 15) is 31.1 Å². The third-order valence-electron chi connectivity index (χ3n) is 13.4. The Bertz CT molecular complexity index is 1320. The number of unbranched alkanes of at least 4 members (excludes halogenated alkanes) is 2. The lowest BCUT2D eigenvalue weighted by atomic mass is 9.47. The van der Waals surface area contributed by atoms with Crippen molar-refractivity contribution in [1.82, 2.24) is 0 Å². The highest BCUT2D eigenvalue weighted by Gasteiger charge is 2.59. The predicted molar refractivity (Wildman–Crippen MR) is 183 cm³/mol. The molecular formula is C41H58F6O3. The van der Waals surface area contributed by atoms with Crippen LogP contribution in [-0.4, -0.2) is 18.7 Å². The molecule has 3 fully saturated rings. The number of hydrogen-bond acceptors (Lipinski definition) is 3. The predicted octanol–water partition coefficient (Wildman–Crippen LogP) is 12.6. The van der Waals surface area contributed by atoms with Crippen LogP contribution >= 0.6 is 0 Å². The van der Waals surface area contributed by atoms with Crippen LogP contribution in [0.3, 0.4) is 0 Å². The number of esters is 1. The smallest absolute Gasteiger partial charge is 0.416 e. The lowest BCUT2D eigenvalue weighted by Crippen LogP contribution is -2.51. The molecule has 0 amide bonds. The SMILES string of the molecule is CC(C)CCCC(C)C1CCC2C3CC=C4CC(OC(=O)CCCCCOc5cc(C(F)(F)F)cc(C(F)(F)F)c5)CCC4(C)C3CCC12C. The quantitative estimate of drug-likeness (QED) is 0.0884. The number of allylic oxidation sites excluding steroid dienone is 1. The Hall–Kier alpha value is -2.19. The zero-order valence-corrected chi connectivity index (χ0v) is 30.7. The normalized spacial score (nSPS) is 31.8. The van der Waals surface area contributed by atoms with E-state index >= 15 is 0 Å². The van der Waals surface area contributed by atoms with Gasteiger partial charge < -0.3 is 9.47 Å². The second-order valence-electron chi connectivity index (χ2n) is 17.0. The minimum atomic E-state index is -4.92. The average Bonchev–Trinajstić information content (AvgIpc) is 3.39. The van der Waals surface area contributed by atoms with Gasteiger partial charge in [0.15, 0.2) is 0 Å². The molecule has 282 valence electrons. The standard InChI is InChI=1S/C41H58F6O3/c1-26(2)10-9-11-27(3)34-15-16-35-33-14-13-28-23-31(17-19-38(28,4)36(33)18-20-39(34,35)5)50-37(48)12-7-6-8-21-49-32-24-29(40(42,43)44)22-30(25-32)41(45,46)47/h13,22,24-27,31,33-36H,6-12,14-21,23H2,1-5H3. The van der Waals surface area contributed by atoms with E-state index in [0.29, 0.717) is 42.7 Å². The molecule has 50 heavy (non-hydrogen) atoms. The maximum absolute atomic E-state index is 13.1. The van der Waals surface area contributed by atoms with E-state index in [-0.39, 0.29) is 36.6 Å². The van der Waals surface area contributed by atoms with Crippen molar-refractivity contribution in [3.8, 4) is 5.75 Å². The molecule has 0 saturated heterocycles. The Morgan fingerprint density at radius 2 is 1.54 bits per heavy atom. The fourth-order valence-corrected chi connectivity index (χ4v) is 10.7. The van der Waals surface area contributed by atoms with Gasteiger partial charge in [-0.05, 0) is 129 Å². The number of halogens is 6. The van der Waals surface area contributed by atoms with Gasteiger partial charge in [0, 0.05) is 12.8 Å². The number of carbonyl (C=O) groups excluding carboxylic acids is 1. The molecule has 3 nitrogen and oxygen atoms in total. The molecule has 0 N–H and O–H groups in total. The summed E-state index contributed by atoms with van der Waals surface area (Å²) < 4.78 is 89.8. The third kappa shape index (κ3) is 8.70. The van der Waals surface area contributed by atoms with Crippen molar-refractivity contribution >= 4 is 5.97 Å². The Labute approximate surface area is 295 Å². The zero-order valence-electron chi connectivity index (χ0n) is 30.7. The van der Waals surface area contributed by atoms with E-state index in [1.807, 2.05) is 0 Å². The molecule has 3 saturated carbocycles. The molecule has 0 aromatic heterocycles. The topological polar surface area (TPSA) is 35.5 Å². The second-order valence-corrected chi connectivity index (χ2v) is 17.0. The minimum Gasteiger partial charge on any atom is -0.494 e. The Morgan fingerprint density at radius 1 is 0.840 bits per heavy atom. The van der Waals surface area contributed by atoms with Gasteiger partial charge in [-0.25, -0.2) is 0 Å². The summed E-state index contributed by atoms with van der Waals surface area (Å²) in [6.07, 6.45) is 7.45. The first-order valence-electron chi connectivity index (χ1n) is 19.2. The third-order valence-corrected chi connectivity index (χ3v) is 13.4. The van der Waals surface area contributed by atoms with E-state index in [0.717, 1.165) is 55.3 Å². The summed E-state index contributed by atoms with van der Waals surface area (Å²) in [6, 6.07) is 1.24. The van der Waals surface area contributed by atoms with Gasteiger partial charge in [-0.15, -0.1) is 0 Å². The highest BCUT2D eigenvalue weighted by molar-refractivity contribution is 5.69. The molecule has 0 radical (unpaired) electrons. The first kappa shape index (κ1) is 39.0. The fraction of sp³-hybridized carbons (Fsp3) is 0.780. The summed E-state index contributed by atoms with van der Waals surface area (Å²) in [7, 11) is 0. The Morgan fingerprint density at radius 3 is 2.20 bits per heavy atom. The maximum atomic E-state index is 13.1. The van der Waals surface area contributed by atoms with Crippen molar-refractivity contribution in [1.29, 1.82) is 0 Å². The maximum Gasteiger partial charge on any atom is 0.416 e. The fourth-order valence-electron chi connectivity index (χ4n) is 10.7. The monoisotopic (exact) mass is 712 g/mol. The summed E-state index contributed by atoms with van der Waals surface area (Å²) in [4.78, 5) is 12.8. The minimum absolute atomic E-state index is 0.0524. The van der Waals surface area contributed by atoms with E-state index in [2.05, 4.69) is 40.7 Å². The van der Waals surface area contributed by atoms with Crippen LogP contribution in [0.15, 0.2) is 29.8 Å². The van der Waals surface area contributed by atoms with Gasteiger partial charge in [0.25, 0.3) is 0 Å². The van der Waals surface area contributed by atoms with Crippen LogP contribution in [0.2, 0.25) is 0 Å². The van der Waals surface area contributed by atoms with Crippen molar-refractivity contribution < 1.29 is 40.6 Å². The highest BCUT2D eigenvalue weighted by atomic mass is 19.4. The van der Waals surface area contributed by atoms with Gasteiger partial charge in [0.1, 0.15) is 11.9 Å². The van der Waals surface area contributed by atoms with E-state index in [1.54, 1.807) is 0 Å². The number of benzene rings is 1. The molecule has 0 spiro atoms. The zero-order chi connectivity index (χ0) is 36.5.